The fourth-order valence-electron chi connectivity index (χ4n) is 3.42. The lowest BCUT2D eigenvalue weighted by Gasteiger charge is -2.24. The molecule has 0 fully saturated rings. The van der Waals surface area contributed by atoms with E-state index in [9.17, 15) is 13.2 Å². The Hall–Kier alpha value is -2.38. The molecule has 7 heteroatoms. The van der Waals surface area contributed by atoms with Crippen molar-refractivity contribution in [1.29, 1.82) is 0 Å². The summed E-state index contributed by atoms with van der Waals surface area (Å²) in [6.07, 6.45) is 0. The molecule has 0 unspecified atom stereocenters. The second kappa shape index (κ2) is 9.41. The van der Waals surface area contributed by atoms with Crippen molar-refractivity contribution in [1.82, 2.24) is 4.31 Å². The lowest BCUT2D eigenvalue weighted by atomic mass is 10.1. The van der Waals surface area contributed by atoms with Crippen molar-refractivity contribution in [2.75, 3.05) is 31.6 Å². The van der Waals surface area contributed by atoms with Crippen molar-refractivity contribution in [3.63, 3.8) is 0 Å². The van der Waals surface area contributed by atoms with Gasteiger partial charge < -0.3 is 9.64 Å². The molecule has 0 bridgehead atoms. The summed E-state index contributed by atoms with van der Waals surface area (Å²) in [5, 5.41) is 0. The summed E-state index contributed by atoms with van der Waals surface area (Å²) in [4.78, 5) is 14.9. The molecular weight excluding hydrogens is 388 g/mol. The van der Waals surface area contributed by atoms with Crippen LogP contribution in [0.25, 0.3) is 0 Å². The number of carbonyl (C=O) groups excluding carboxylic acids is 1. The monoisotopic (exact) mass is 418 g/mol. The SMILES string of the molecule is CCN(C(=O)c1ccc(OC)c(S(=O)(=O)N(CC)CC)c1)c1cc(C)cc(C)c1. The summed E-state index contributed by atoms with van der Waals surface area (Å²) in [5.74, 6) is -0.0287. The molecular formula is C22H30N2O4S. The van der Waals surface area contributed by atoms with Crippen LogP contribution in [0, 0.1) is 13.8 Å². The van der Waals surface area contributed by atoms with Crippen molar-refractivity contribution >= 4 is 21.6 Å². The molecule has 0 spiro atoms. The Bertz CT molecular complexity index is 962. The molecule has 0 N–H and O–H groups in total. The van der Waals surface area contributed by atoms with Crippen molar-refractivity contribution < 1.29 is 17.9 Å². The molecule has 0 aliphatic carbocycles. The van der Waals surface area contributed by atoms with E-state index < -0.39 is 10.0 Å². The summed E-state index contributed by atoms with van der Waals surface area (Å²) >= 11 is 0. The van der Waals surface area contributed by atoms with Crippen molar-refractivity contribution in [2.45, 2.75) is 39.5 Å². The van der Waals surface area contributed by atoms with Gasteiger partial charge in [0.25, 0.3) is 5.91 Å². The summed E-state index contributed by atoms with van der Waals surface area (Å²) in [6, 6.07) is 10.5. The number of methoxy groups -OCH3 is 1. The van der Waals surface area contributed by atoms with Gasteiger partial charge in [0, 0.05) is 30.9 Å². The molecule has 0 saturated carbocycles. The van der Waals surface area contributed by atoms with Crippen LogP contribution >= 0.6 is 0 Å². The molecule has 29 heavy (non-hydrogen) atoms. The van der Waals surface area contributed by atoms with Crippen LogP contribution in [-0.4, -0.2) is 45.4 Å². The molecule has 2 rings (SSSR count). The van der Waals surface area contributed by atoms with Gasteiger partial charge in [-0.2, -0.15) is 4.31 Å². The molecule has 0 radical (unpaired) electrons. The molecule has 0 aliphatic heterocycles. The maximum Gasteiger partial charge on any atom is 0.258 e. The van der Waals surface area contributed by atoms with Gasteiger partial charge in [0.2, 0.25) is 10.0 Å². The smallest absolute Gasteiger partial charge is 0.258 e. The van der Waals surface area contributed by atoms with Gasteiger partial charge in [-0.15, -0.1) is 0 Å². The van der Waals surface area contributed by atoms with Crippen LogP contribution in [-0.2, 0) is 10.0 Å². The van der Waals surface area contributed by atoms with Crippen molar-refractivity contribution in [2.24, 2.45) is 0 Å². The number of anilines is 1. The first-order valence-corrected chi connectivity index (χ1v) is 11.2. The highest BCUT2D eigenvalue weighted by atomic mass is 32.2. The van der Waals surface area contributed by atoms with Crippen molar-refractivity contribution in [3.05, 3.63) is 53.1 Å². The molecule has 2 aromatic carbocycles. The van der Waals surface area contributed by atoms with Gasteiger partial charge in [-0.05, 0) is 62.2 Å². The zero-order valence-electron chi connectivity index (χ0n) is 18.0. The number of rotatable bonds is 8. The second-order valence-electron chi connectivity index (χ2n) is 6.85. The molecule has 0 heterocycles. The quantitative estimate of drug-likeness (QED) is 0.650. The van der Waals surface area contributed by atoms with Gasteiger partial charge in [-0.3, -0.25) is 4.79 Å². The molecule has 158 valence electrons. The third kappa shape index (κ3) is 4.79. The normalized spacial score (nSPS) is 11.6. The lowest BCUT2D eigenvalue weighted by molar-refractivity contribution is 0.0988. The maximum atomic E-state index is 13.3. The van der Waals surface area contributed by atoms with Crippen molar-refractivity contribution in [3.8, 4) is 5.75 Å². The van der Waals surface area contributed by atoms with Gasteiger partial charge in [-0.25, -0.2) is 8.42 Å². The van der Waals surface area contributed by atoms with E-state index in [-0.39, 0.29) is 16.6 Å². The minimum atomic E-state index is -3.77. The van der Waals surface area contributed by atoms with E-state index in [4.69, 9.17) is 4.74 Å². The predicted octanol–water partition coefficient (Wildman–Crippen LogP) is 4.01. The highest BCUT2D eigenvalue weighted by Gasteiger charge is 2.28. The highest BCUT2D eigenvalue weighted by Crippen LogP contribution is 2.29. The molecule has 1 amide bonds. The second-order valence-corrected chi connectivity index (χ2v) is 8.76. The number of nitrogens with zero attached hydrogens (tertiary/aromatic N) is 2. The first-order chi connectivity index (χ1) is 13.7. The lowest BCUT2D eigenvalue weighted by Crippen LogP contribution is -2.32. The summed E-state index contributed by atoms with van der Waals surface area (Å²) in [5.41, 5.74) is 3.22. The van der Waals surface area contributed by atoms with Crippen LogP contribution < -0.4 is 9.64 Å². The largest absolute Gasteiger partial charge is 0.495 e. The Morgan fingerprint density at radius 3 is 2.00 bits per heavy atom. The van der Waals surface area contributed by atoms with E-state index in [1.54, 1.807) is 30.9 Å². The Kier molecular flexibility index (Phi) is 7.43. The Morgan fingerprint density at radius 2 is 1.52 bits per heavy atom. The number of hydrogen-bond acceptors (Lipinski definition) is 4. The molecule has 0 aliphatic rings. The average Bonchev–Trinajstić information content (AvgIpc) is 2.68. The van der Waals surface area contributed by atoms with E-state index in [0.717, 1.165) is 16.8 Å². The number of sulfonamides is 1. The van der Waals surface area contributed by atoms with E-state index >= 15 is 0 Å². The van der Waals surface area contributed by atoms with Crippen LogP contribution in [0.15, 0.2) is 41.3 Å². The topological polar surface area (TPSA) is 66.9 Å². The van der Waals surface area contributed by atoms with E-state index in [1.807, 2.05) is 39.0 Å². The number of hydrogen-bond donors (Lipinski definition) is 0. The molecule has 2 aromatic rings. The summed E-state index contributed by atoms with van der Waals surface area (Å²) < 4.78 is 32.8. The van der Waals surface area contributed by atoms with Crippen LogP contribution in [0.1, 0.15) is 42.3 Å². The third-order valence-electron chi connectivity index (χ3n) is 4.81. The standard InChI is InChI=1S/C22H30N2O4S/c1-7-23(8-2)29(26,27)21-15-18(10-11-20(21)28-6)22(25)24(9-3)19-13-16(4)12-17(5)14-19/h10-15H,7-9H2,1-6H3. The Balaban J connectivity index is 2.55. The highest BCUT2D eigenvalue weighted by molar-refractivity contribution is 7.89. The number of benzene rings is 2. The average molecular weight is 419 g/mol. The minimum Gasteiger partial charge on any atom is -0.495 e. The van der Waals surface area contributed by atoms with E-state index in [1.165, 1.54) is 17.5 Å². The van der Waals surface area contributed by atoms with Gasteiger partial charge in [0.05, 0.1) is 7.11 Å². The fourth-order valence-corrected chi connectivity index (χ4v) is 5.06. The number of ether oxygens (including phenoxy) is 1. The Labute approximate surface area is 174 Å². The number of amides is 1. The predicted molar refractivity (Wildman–Crippen MR) is 116 cm³/mol. The minimum absolute atomic E-state index is 0.00558. The van der Waals surface area contributed by atoms with E-state index in [0.29, 0.717) is 25.2 Å². The van der Waals surface area contributed by atoms with Gasteiger partial charge in [0.15, 0.2) is 0 Å². The number of aryl methyl sites for hydroxylation is 2. The molecule has 6 nitrogen and oxygen atoms in total. The molecule has 0 saturated heterocycles. The first-order valence-electron chi connectivity index (χ1n) is 9.77. The molecule has 0 aromatic heterocycles. The third-order valence-corrected chi connectivity index (χ3v) is 6.88. The van der Waals surface area contributed by atoms with Crippen LogP contribution in [0.2, 0.25) is 0 Å². The summed E-state index contributed by atoms with van der Waals surface area (Å²) in [7, 11) is -2.35. The van der Waals surface area contributed by atoms with Gasteiger partial charge in [0.1, 0.15) is 10.6 Å². The fraction of sp³-hybridized carbons (Fsp3) is 0.409. The zero-order chi connectivity index (χ0) is 21.8. The number of carbonyl (C=O) groups is 1. The van der Waals surface area contributed by atoms with Gasteiger partial charge >= 0.3 is 0 Å². The molecule has 0 atom stereocenters. The van der Waals surface area contributed by atoms with Crippen LogP contribution in [0.3, 0.4) is 0 Å². The van der Waals surface area contributed by atoms with Gasteiger partial charge in [-0.1, -0.05) is 19.9 Å². The first kappa shape index (κ1) is 22.9. The van der Waals surface area contributed by atoms with Crippen LogP contribution in [0.5, 0.6) is 5.75 Å². The Morgan fingerprint density at radius 1 is 0.931 bits per heavy atom. The maximum absolute atomic E-state index is 13.3. The van der Waals surface area contributed by atoms with Crippen LogP contribution in [0.4, 0.5) is 5.69 Å². The zero-order valence-corrected chi connectivity index (χ0v) is 18.8. The van der Waals surface area contributed by atoms with E-state index in [2.05, 4.69) is 0 Å². The summed E-state index contributed by atoms with van der Waals surface area (Å²) in [6.45, 7) is 10.6.